The standard InChI is InChI=1S/C7H11O2.Li/c8-7(9)6-4-2-1-3-5-6;/h1-5H2,(H,8,9);. The predicted molar refractivity (Wildman–Crippen MR) is 39.2 cm³/mol. The van der Waals surface area contributed by atoms with E-state index in [0.717, 1.165) is 25.7 Å². The molecular weight excluding hydrogens is 123 g/mol. The quantitative estimate of drug-likeness (QED) is 0.550. The van der Waals surface area contributed by atoms with Crippen LogP contribution in [0.1, 0.15) is 32.1 Å². The molecule has 52 valence electrons. The van der Waals surface area contributed by atoms with E-state index in [9.17, 15) is 4.79 Å². The van der Waals surface area contributed by atoms with Crippen LogP contribution in [0.5, 0.6) is 0 Å². The zero-order chi connectivity index (χ0) is 7.61. The van der Waals surface area contributed by atoms with Crippen LogP contribution in [-0.2, 0) is 4.79 Å². The SMILES string of the molecule is [Li][C]1(C(=O)O)CCCCC1. The molecule has 0 saturated heterocycles. The van der Waals surface area contributed by atoms with Gasteiger partial charge in [0.2, 0.25) is 0 Å². The van der Waals surface area contributed by atoms with Crippen molar-refractivity contribution in [2.24, 2.45) is 0 Å². The van der Waals surface area contributed by atoms with Crippen LogP contribution >= 0.6 is 0 Å². The summed E-state index contributed by atoms with van der Waals surface area (Å²) in [5.41, 5.74) is 0. The Hall–Kier alpha value is 0.0674. The average Bonchev–Trinajstić information content (AvgIpc) is 1.89. The van der Waals surface area contributed by atoms with E-state index in [1.807, 2.05) is 17.7 Å². The molecule has 0 heterocycles. The van der Waals surface area contributed by atoms with Gasteiger partial charge in [0, 0.05) is 0 Å². The molecule has 0 aromatic rings. The third kappa shape index (κ3) is 1.56. The Labute approximate surface area is 70.2 Å². The van der Waals surface area contributed by atoms with Gasteiger partial charge in [-0.05, 0) is 0 Å². The van der Waals surface area contributed by atoms with Gasteiger partial charge in [0.25, 0.3) is 0 Å². The number of aliphatic carboxylic acids is 1. The van der Waals surface area contributed by atoms with Gasteiger partial charge >= 0.3 is 69.8 Å². The van der Waals surface area contributed by atoms with Gasteiger partial charge in [-0.3, -0.25) is 0 Å². The predicted octanol–water partition coefficient (Wildman–Crippen LogP) is 1.36. The van der Waals surface area contributed by atoms with E-state index < -0.39 is 10.1 Å². The monoisotopic (exact) mass is 134 g/mol. The topological polar surface area (TPSA) is 37.3 Å². The molecule has 0 amide bonds. The maximum absolute atomic E-state index is 10.7. The Morgan fingerprint density at radius 1 is 1.30 bits per heavy atom. The fourth-order valence-electron chi connectivity index (χ4n) is 1.55. The van der Waals surface area contributed by atoms with E-state index >= 15 is 0 Å². The fraction of sp³-hybridized carbons (Fsp3) is 0.857. The van der Waals surface area contributed by atoms with E-state index in [1.165, 1.54) is 6.42 Å². The molecular formula is C7H11LiO2. The molecule has 1 rings (SSSR count). The van der Waals surface area contributed by atoms with E-state index in [-0.39, 0.29) is 0 Å². The van der Waals surface area contributed by atoms with E-state index in [1.54, 1.807) is 0 Å². The molecule has 1 N–H and O–H groups in total. The summed E-state index contributed by atoms with van der Waals surface area (Å²) in [4.78, 5) is 10.7. The molecule has 0 atom stereocenters. The summed E-state index contributed by atoms with van der Waals surface area (Å²) in [6.07, 6.45) is 5.11. The molecule has 0 bridgehead atoms. The number of carbonyl (C=O) groups is 1. The van der Waals surface area contributed by atoms with Crippen LogP contribution in [0.2, 0.25) is 4.09 Å². The van der Waals surface area contributed by atoms with Gasteiger partial charge in [0.1, 0.15) is 0 Å². The molecule has 1 fully saturated rings. The number of carboxylic acid groups (broad SMARTS) is 1. The van der Waals surface area contributed by atoms with Crippen LogP contribution in [0.15, 0.2) is 0 Å². The van der Waals surface area contributed by atoms with Crippen molar-refractivity contribution in [1.29, 1.82) is 0 Å². The van der Waals surface area contributed by atoms with Crippen molar-refractivity contribution < 1.29 is 9.90 Å². The van der Waals surface area contributed by atoms with Crippen molar-refractivity contribution in [3.63, 3.8) is 0 Å². The summed E-state index contributed by atoms with van der Waals surface area (Å²) in [6, 6.07) is 0. The summed E-state index contributed by atoms with van der Waals surface area (Å²) in [7, 11) is 0. The Morgan fingerprint density at radius 3 is 2.10 bits per heavy atom. The van der Waals surface area contributed by atoms with Crippen LogP contribution in [0.3, 0.4) is 0 Å². The summed E-state index contributed by atoms with van der Waals surface area (Å²) in [6.45, 7) is 0. The molecule has 3 heteroatoms. The molecule has 1 aliphatic carbocycles. The molecule has 1 aliphatic rings. The van der Waals surface area contributed by atoms with Crippen molar-refractivity contribution >= 4 is 23.7 Å². The summed E-state index contributed by atoms with van der Waals surface area (Å²) < 4.78 is -0.405. The van der Waals surface area contributed by atoms with Crippen LogP contribution in [0.4, 0.5) is 0 Å². The minimum absolute atomic E-state index is 0.405. The molecule has 0 aromatic carbocycles. The van der Waals surface area contributed by atoms with Crippen molar-refractivity contribution in [2.45, 2.75) is 36.2 Å². The van der Waals surface area contributed by atoms with Gasteiger partial charge in [-0.15, -0.1) is 0 Å². The maximum atomic E-state index is 10.7. The summed E-state index contributed by atoms with van der Waals surface area (Å²) in [5.74, 6) is -0.618. The van der Waals surface area contributed by atoms with Crippen molar-refractivity contribution in [3.05, 3.63) is 0 Å². The van der Waals surface area contributed by atoms with Crippen LogP contribution in [-0.4, -0.2) is 28.8 Å². The average molecular weight is 134 g/mol. The fourth-order valence-corrected chi connectivity index (χ4v) is 1.55. The Morgan fingerprint density at radius 2 is 1.80 bits per heavy atom. The van der Waals surface area contributed by atoms with Gasteiger partial charge in [-0.2, -0.15) is 0 Å². The van der Waals surface area contributed by atoms with Crippen molar-refractivity contribution in [1.82, 2.24) is 0 Å². The van der Waals surface area contributed by atoms with Gasteiger partial charge in [0.05, 0.1) is 0 Å². The van der Waals surface area contributed by atoms with E-state index in [4.69, 9.17) is 5.11 Å². The molecule has 1 saturated carbocycles. The Bertz CT molecular complexity index is 139. The van der Waals surface area contributed by atoms with Gasteiger partial charge in [-0.1, -0.05) is 0 Å². The summed E-state index contributed by atoms with van der Waals surface area (Å²) in [5, 5.41) is 8.80. The zero-order valence-electron chi connectivity index (χ0n) is 6.39. The van der Waals surface area contributed by atoms with E-state index in [2.05, 4.69) is 0 Å². The van der Waals surface area contributed by atoms with Crippen LogP contribution in [0.25, 0.3) is 0 Å². The molecule has 2 nitrogen and oxygen atoms in total. The number of carboxylic acids is 1. The first kappa shape index (κ1) is 8.17. The van der Waals surface area contributed by atoms with Crippen molar-refractivity contribution in [3.8, 4) is 0 Å². The molecule has 0 aliphatic heterocycles. The first-order valence-corrected chi connectivity index (χ1v) is 3.88. The molecule has 0 radical (unpaired) electrons. The van der Waals surface area contributed by atoms with Crippen molar-refractivity contribution in [2.75, 3.05) is 0 Å². The third-order valence-corrected chi connectivity index (χ3v) is 2.47. The first-order chi connectivity index (χ1) is 4.65. The van der Waals surface area contributed by atoms with Gasteiger partial charge in [-0.25, -0.2) is 0 Å². The number of rotatable bonds is 1. The third-order valence-electron chi connectivity index (χ3n) is 2.47. The van der Waals surface area contributed by atoms with Gasteiger partial charge < -0.3 is 0 Å². The second kappa shape index (κ2) is 2.98. The normalized spacial score (nSPS) is 24.2. The second-order valence-electron chi connectivity index (χ2n) is 3.43. The Balaban J connectivity index is 2.56. The molecule has 0 unspecified atom stereocenters. The zero-order valence-corrected chi connectivity index (χ0v) is 6.39. The Kier molecular flexibility index (Phi) is 2.44. The van der Waals surface area contributed by atoms with Crippen LogP contribution < -0.4 is 0 Å². The molecule has 0 spiro atoms. The first-order valence-electron chi connectivity index (χ1n) is 3.88. The summed E-state index contributed by atoms with van der Waals surface area (Å²) >= 11 is 1.86. The minimum atomic E-state index is -0.618. The van der Waals surface area contributed by atoms with Gasteiger partial charge in [0.15, 0.2) is 0 Å². The molecule has 0 aromatic heterocycles. The van der Waals surface area contributed by atoms with E-state index in [0.29, 0.717) is 0 Å². The second-order valence-corrected chi connectivity index (χ2v) is 3.43. The molecule has 10 heavy (non-hydrogen) atoms. The van der Waals surface area contributed by atoms with Crippen LogP contribution in [0, 0.1) is 0 Å². The number of hydrogen-bond acceptors (Lipinski definition) is 1. The number of hydrogen-bond donors (Lipinski definition) is 1.